The second-order valence-electron chi connectivity index (χ2n) is 5.02. The van der Waals surface area contributed by atoms with Crippen molar-refractivity contribution in [2.24, 2.45) is 0 Å². The minimum Gasteiger partial charge on any atom is -0.336 e. The Balaban J connectivity index is 2.13. The van der Waals surface area contributed by atoms with E-state index in [9.17, 15) is 4.79 Å². The van der Waals surface area contributed by atoms with Crippen molar-refractivity contribution < 1.29 is 4.79 Å². The lowest BCUT2D eigenvalue weighted by molar-refractivity contribution is 0.0601. The summed E-state index contributed by atoms with van der Waals surface area (Å²) in [6.45, 7) is 1.85. The van der Waals surface area contributed by atoms with Gasteiger partial charge in [0.05, 0.1) is 5.56 Å². The van der Waals surface area contributed by atoms with Crippen LogP contribution in [-0.4, -0.2) is 37.0 Å². The van der Waals surface area contributed by atoms with Crippen LogP contribution in [0.2, 0.25) is 0 Å². The molecule has 2 rings (SSSR count). The Hall–Kier alpha value is -0.870. The maximum absolute atomic E-state index is 12.7. The number of likely N-dealkylation sites (tertiary alicyclic amines) is 1. The van der Waals surface area contributed by atoms with Crippen molar-refractivity contribution in [1.29, 1.82) is 0 Å². The number of amides is 1. The summed E-state index contributed by atoms with van der Waals surface area (Å²) in [6, 6.07) is 8.07. The molecule has 1 aromatic carbocycles. The van der Waals surface area contributed by atoms with E-state index >= 15 is 0 Å². The summed E-state index contributed by atoms with van der Waals surface area (Å²) >= 11 is 3.48. The highest BCUT2D eigenvalue weighted by molar-refractivity contribution is 9.10. The van der Waals surface area contributed by atoms with Gasteiger partial charge >= 0.3 is 0 Å². The van der Waals surface area contributed by atoms with E-state index in [1.54, 1.807) is 0 Å². The normalized spacial score (nSPS) is 19.5. The summed E-state index contributed by atoms with van der Waals surface area (Å²) in [7, 11) is 1.96. The van der Waals surface area contributed by atoms with E-state index in [1.807, 2.05) is 31.3 Å². The molecule has 1 fully saturated rings. The SMILES string of the molecule is CNCCC1CCCCN1C(=O)c1ccccc1Br. The van der Waals surface area contributed by atoms with Crippen LogP contribution in [0.5, 0.6) is 0 Å². The molecule has 4 heteroatoms. The van der Waals surface area contributed by atoms with E-state index < -0.39 is 0 Å². The second kappa shape index (κ2) is 7.06. The zero-order valence-electron chi connectivity index (χ0n) is 11.4. The summed E-state index contributed by atoms with van der Waals surface area (Å²) in [5.74, 6) is 0.160. The average molecular weight is 325 g/mol. The van der Waals surface area contributed by atoms with E-state index in [1.165, 1.54) is 6.42 Å². The van der Waals surface area contributed by atoms with Gasteiger partial charge in [0.15, 0.2) is 0 Å². The first-order valence-electron chi connectivity index (χ1n) is 6.94. The summed E-state index contributed by atoms with van der Waals surface area (Å²) < 4.78 is 0.887. The second-order valence-corrected chi connectivity index (χ2v) is 5.87. The number of hydrogen-bond acceptors (Lipinski definition) is 2. The highest BCUT2D eigenvalue weighted by atomic mass is 79.9. The van der Waals surface area contributed by atoms with E-state index in [-0.39, 0.29) is 5.91 Å². The molecular weight excluding hydrogens is 304 g/mol. The lowest BCUT2D eigenvalue weighted by Crippen LogP contribution is -2.44. The molecule has 104 valence electrons. The fourth-order valence-corrected chi connectivity index (χ4v) is 3.12. The highest BCUT2D eigenvalue weighted by Crippen LogP contribution is 2.24. The van der Waals surface area contributed by atoms with Crippen molar-refractivity contribution in [1.82, 2.24) is 10.2 Å². The molecule has 1 N–H and O–H groups in total. The number of benzene rings is 1. The van der Waals surface area contributed by atoms with Gasteiger partial charge in [-0.3, -0.25) is 4.79 Å². The summed E-state index contributed by atoms with van der Waals surface area (Å²) in [5.41, 5.74) is 0.777. The van der Waals surface area contributed by atoms with Crippen molar-refractivity contribution in [2.45, 2.75) is 31.7 Å². The molecule has 0 aromatic heterocycles. The van der Waals surface area contributed by atoms with Crippen LogP contribution >= 0.6 is 15.9 Å². The molecule has 0 spiro atoms. The van der Waals surface area contributed by atoms with Crippen molar-refractivity contribution in [2.75, 3.05) is 20.1 Å². The fraction of sp³-hybridized carbons (Fsp3) is 0.533. The van der Waals surface area contributed by atoms with Crippen LogP contribution in [0.15, 0.2) is 28.7 Å². The van der Waals surface area contributed by atoms with Gasteiger partial charge in [-0.25, -0.2) is 0 Å². The zero-order chi connectivity index (χ0) is 13.7. The fourth-order valence-electron chi connectivity index (χ4n) is 2.67. The van der Waals surface area contributed by atoms with Crippen molar-refractivity contribution >= 4 is 21.8 Å². The van der Waals surface area contributed by atoms with Crippen molar-refractivity contribution in [3.8, 4) is 0 Å². The van der Waals surface area contributed by atoms with Crippen LogP contribution in [0, 0.1) is 0 Å². The highest BCUT2D eigenvalue weighted by Gasteiger charge is 2.27. The molecule has 19 heavy (non-hydrogen) atoms. The first-order chi connectivity index (χ1) is 9.24. The predicted molar refractivity (Wildman–Crippen MR) is 81.4 cm³/mol. The number of nitrogens with zero attached hydrogens (tertiary/aromatic N) is 1. The van der Waals surface area contributed by atoms with Crippen LogP contribution in [0.4, 0.5) is 0 Å². The van der Waals surface area contributed by atoms with Gasteiger partial charge in [-0.05, 0) is 67.3 Å². The lowest BCUT2D eigenvalue weighted by atomic mass is 9.98. The number of rotatable bonds is 4. The van der Waals surface area contributed by atoms with Crippen LogP contribution in [0.1, 0.15) is 36.0 Å². The Morgan fingerprint density at radius 2 is 2.21 bits per heavy atom. The third kappa shape index (κ3) is 3.57. The molecule has 3 nitrogen and oxygen atoms in total. The molecule has 0 bridgehead atoms. The van der Waals surface area contributed by atoms with E-state index in [4.69, 9.17) is 0 Å². The van der Waals surface area contributed by atoms with Crippen molar-refractivity contribution in [3.63, 3.8) is 0 Å². The molecule has 1 aromatic rings. The molecule has 1 aliphatic heterocycles. The van der Waals surface area contributed by atoms with Gasteiger partial charge in [-0.1, -0.05) is 12.1 Å². The Labute approximate surface area is 123 Å². The smallest absolute Gasteiger partial charge is 0.255 e. The van der Waals surface area contributed by atoms with Crippen LogP contribution in [0.25, 0.3) is 0 Å². The number of hydrogen-bond donors (Lipinski definition) is 1. The lowest BCUT2D eigenvalue weighted by Gasteiger charge is -2.36. The van der Waals surface area contributed by atoms with Gasteiger partial charge in [-0.2, -0.15) is 0 Å². The Morgan fingerprint density at radius 1 is 1.42 bits per heavy atom. The summed E-state index contributed by atoms with van der Waals surface area (Å²) in [6.07, 6.45) is 4.50. The van der Waals surface area contributed by atoms with Gasteiger partial charge < -0.3 is 10.2 Å². The molecule has 1 unspecified atom stereocenters. The first-order valence-corrected chi connectivity index (χ1v) is 7.73. The van der Waals surface area contributed by atoms with Gasteiger partial charge in [-0.15, -0.1) is 0 Å². The van der Waals surface area contributed by atoms with Crippen LogP contribution < -0.4 is 5.32 Å². The number of halogens is 1. The van der Waals surface area contributed by atoms with Gasteiger partial charge in [0.2, 0.25) is 0 Å². The maximum atomic E-state index is 12.7. The van der Waals surface area contributed by atoms with Gasteiger partial charge in [0.1, 0.15) is 0 Å². The van der Waals surface area contributed by atoms with Crippen LogP contribution in [-0.2, 0) is 0 Å². The molecule has 0 radical (unpaired) electrons. The molecule has 0 aliphatic carbocycles. The molecule has 1 atom stereocenters. The Kier molecular flexibility index (Phi) is 5.40. The Morgan fingerprint density at radius 3 is 2.95 bits per heavy atom. The summed E-state index contributed by atoms with van der Waals surface area (Å²) in [5, 5.41) is 3.18. The third-order valence-corrected chi connectivity index (χ3v) is 4.41. The minimum absolute atomic E-state index is 0.160. The molecule has 1 aliphatic rings. The van der Waals surface area contributed by atoms with Gasteiger partial charge in [0.25, 0.3) is 5.91 Å². The standard InChI is InChI=1S/C15H21BrN2O/c1-17-10-9-12-6-4-5-11-18(12)15(19)13-7-2-3-8-14(13)16/h2-3,7-8,12,17H,4-6,9-11H2,1H3. The minimum atomic E-state index is 0.160. The molecule has 0 saturated carbocycles. The van der Waals surface area contributed by atoms with E-state index in [2.05, 4.69) is 26.1 Å². The van der Waals surface area contributed by atoms with E-state index in [0.29, 0.717) is 6.04 Å². The van der Waals surface area contributed by atoms with Crippen LogP contribution in [0.3, 0.4) is 0 Å². The number of carbonyl (C=O) groups is 1. The summed E-state index contributed by atoms with van der Waals surface area (Å²) in [4.78, 5) is 14.7. The number of carbonyl (C=O) groups excluding carboxylic acids is 1. The number of nitrogens with one attached hydrogen (secondary N) is 1. The molecule has 1 heterocycles. The number of piperidine rings is 1. The molecule has 1 amide bonds. The monoisotopic (exact) mass is 324 g/mol. The third-order valence-electron chi connectivity index (χ3n) is 3.72. The maximum Gasteiger partial charge on any atom is 0.255 e. The largest absolute Gasteiger partial charge is 0.336 e. The van der Waals surface area contributed by atoms with E-state index in [0.717, 1.165) is 42.4 Å². The Bertz CT molecular complexity index is 436. The predicted octanol–water partition coefficient (Wildman–Crippen LogP) is 3.05. The molecular formula is C15H21BrN2O. The first kappa shape index (κ1) is 14.5. The topological polar surface area (TPSA) is 32.3 Å². The zero-order valence-corrected chi connectivity index (χ0v) is 12.9. The quantitative estimate of drug-likeness (QED) is 0.923. The van der Waals surface area contributed by atoms with Gasteiger partial charge in [0, 0.05) is 17.1 Å². The molecule has 1 saturated heterocycles. The average Bonchev–Trinajstić information content (AvgIpc) is 2.45. The van der Waals surface area contributed by atoms with Crippen molar-refractivity contribution in [3.05, 3.63) is 34.3 Å².